The first-order valence-corrected chi connectivity index (χ1v) is 13.4. The van der Waals surface area contributed by atoms with Crippen molar-refractivity contribution in [1.29, 1.82) is 0 Å². The Bertz CT molecular complexity index is 81.7. The van der Waals surface area contributed by atoms with Gasteiger partial charge in [-0.25, -0.2) is 0 Å². The molecule has 0 aromatic rings. The van der Waals surface area contributed by atoms with Crippen LogP contribution < -0.4 is 4.65 Å². The van der Waals surface area contributed by atoms with E-state index in [-0.39, 0.29) is 0 Å². The Kier molecular flexibility index (Phi) is 3.64. The van der Waals surface area contributed by atoms with E-state index < -0.39 is 13.7 Å². The molecule has 0 atom stereocenters. The van der Waals surface area contributed by atoms with Crippen molar-refractivity contribution in [2.75, 3.05) is 0 Å². The van der Waals surface area contributed by atoms with Gasteiger partial charge in [0.15, 0.2) is 13.7 Å². The molecule has 56 valence electrons. The van der Waals surface area contributed by atoms with E-state index in [0.717, 1.165) is 0 Å². The SMILES string of the molecule is C[Si](C)(Br)N[Si](C)(C)Br. The third kappa shape index (κ3) is 9.35. The fraction of sp³-hybridized carbons (Fsp3) is 1.00. The molecule has 0 aromatic carbocycles. The van der Waals surface area contributed by atoms with Crippen LogP contribution >= 0.6 is 30.6 Å². The molecule has 0 rings (SSSR count). The Labute approximate surface area is 74.9 Å². The minimum absolute atomic E-state index is 1.22. The van der Waals surface area contributed by atoms with Gasteiger partial charge in [0.2, 0.25) is 0 Å². The van der Waals surface area contributed by atoms with Gasteiger partial charge in [0.1, 0.15) is 0 Å². The maximum atomic E-state index is 3.65. The maximum Gasteiger partial charge on any atom is 0.187 e. The van der Waals surface area contributed by atoms with Gasteiger partial charge in [-0.3, -0.25) is 0 Å². The lowest BCUT2D eigenvalue weighted by molar-refractivity contribution is 1.42. The molecule has 0 amide bonds. The minimum Gasteiger partial charge on any atom is -0.343 e. The van der Waals surface area contributed by atoms with Crippen LogP contribution in [0.2, 0.25) is 26.2 Å². The molecular weight excluding hydrogens is 278 g/mol. The Morgan fingerprint density at radius 1 is 0.889 bits per heavy atom. The van der Waals surface area contributed by atoms with Gasteiger partial charge in [-0.2, -0.15) is 0 Å². The highest BCUT2D eigenvalue weighted by atomic mass is 79.9. The minimum atomic E-state index is -1.22. The van der Waals surface area contributed by atoms with E-state index in [2.05, 4.69) is 61.4 Å². The van der Waals surface area contributed by atoms with Gasteiger partial charge in [0.05, 0.1) is 0 Å². The van der Waals surface area contributed by atoms with Crippen LogP contribution in [0.5, 0.6) is 0 Å². The number of nitrogens with one attached hydrogen (secondary N) is 1. The monoisotopic (exact) mass is 289 g/mol. The van der Waals surface area contributed by atoms with Gasteiger partial charge < -0.3 is 4.65 Å². The van der Waals surface area contributed by atoms with Crippen LogP contribution in [-0.2, 0) is 0 Å². The summed E-state index contributed by atoms with van der Waals surface area (Å²) in [6.07, 6.45) is 0. The van der Waals surface area contributed by atoms with Crippen molar-refractivity contribution in [3.8, 4) is 0 Å². The molecule has 0 saturated heterocycles. The first-order chi connectivity index (χ1) is 3.71. The van der Waals surface area contributed by atoms with E-state index in [1.165, 1.54) is 0 Å². The van der Waals surface area contributed by atoms with Gasteiger partial charge in [-0.1, -0.05) is 0 Å². The van der Waals surface area contributed by atoms with Crippen molar-refractivity contribution in [2.24, 2.45) is 0 Å². The molecule has 1 N–H and O–H groups in total. The summed E-state index contributed by atoms with van der Waals surface area (Å²) in [7, 11) is 0. The largest absolute Gasteiger partial charge is 0.343 e. The predicted molar refractivity (Wildman–Crippen MR) is 56.0 cm³/mol. The first kappa shape index (κ1) is 10.4. The van der Waals surface area contributed by atoms with Gasteiger partial charge >= 0.3 is 0 Å². The zero-order chi connectivity index (χ0) is 7.71. The molecule has 0 radical (unpaired) electrons. The Hall–Kier alpha value is 1.35. The molecule has 9 heavy (non-hydrogen) atoms. The standard InChI is InChI=1S/C4H13Br2NSi2/c1-8(2,5)7-9(3,4)6/h7H,1-4H3. The van der Waals surface area contributed by atoms with Crippen LogP contribution in [-0.4, -0.2) is 13.7 Å². The van der Waals surface area contributed by atoms with E-state index >= 15 is 0 Å². The zero-order valence-electron chi connectivity index (χ0n) is 6.26. The zero-order valence-corrected chi connectivity index (χ0v) is 11.4. The molecule has 0 aliphatic rings. The van der Waals surface area contributed by atoms with Crippen molar-refractivity contribution >= 4 is 44.3 Å². The van der Waals surface area contributed by atoms with Gasteiger partial charge in [0.25, 0.3) is 0 Å². The van der Waals surface area contributed by atoms with Crippen molar-refractivity contribution in [3.05, 3.63) is 0 Å². The quantitative estimate of drug-likeness (QED) is 0.609. The van der Waals surface area contributed by atoms with Crippen molar-refractivity contribution in [3.63, 3.8) is 0 Å². The summed E-state index contributed by atoms with van der Waals surface area (Å²) in [6, 6.07) is 0. The lowest BCUT2D eigenvalue weighted by Gasteiger charge is -2.24. The van der Waals surface area contributed by atoms with E-state index in [0.29, 0.717) is 0 Å². The van der Waals surface area contributed by atoms with E-state index in [1.54, 1.807) is 0 Å². The summed E-state index contributed by atoms with van der Waals surface area (Å²) in [6.45, 7) is 6.53. The van der Waals surface area contributed by atoms with E-state index in [9.17, 15) is 0 Å². The average Bonchev–Trinajstić information content (AvgIpc) is 1.14. The number of halogens is 2. The molecule has 0 heterocycles. The van der Waals surface area contributed by atoms with Crippen LogP contribution in [0.25, 0.3) is 0 Å². The highest BCUT2D eigenvalue weighted by Gasteiger charge is 2.26. The third-order valence-corrected chi connectivity index (χ3v) is 8.92. The molecule has 0 fully saturated rings. The summed E-state index contributed by atoms with van der Waals surface area (Å²) in [5.41, 5.74) is 0. The van der Waals surface area contributed by atoms with Crippen LogP contribution in [0.3, 0.4) is 0 Å². The fourth-order valence-electron chi connectivity index (χ4n) is 0.707. The fourth-order valence-corrected chi connectivity index (χ4v) is 17.7. The molecule has 0 spiro atoms. The van der Waals surface area contributed by atoms with Crippen molar-refractivity contribution < 1.29 is 0 Å². The molecule has 0 aliphatic heterocycles. The third-order valence-electron chi connectivity index (χ3n) is 0.594. The smallest absolute Gasteiger partial charge is 0.187 e. The van der Waals surface area contributed by atoms with Gasteiger partial charge in [0, 0.05) is 0 Å². The number of hydrogen-bond acceptors (Lipinski definition) is 1. The highest BCUT2D eigenvalue weighted by molar-refractivity contribution is 9.27. The molecule has 0 aliphatic carbocycles. The Morgan fingerprint density at radius 3 is 1.11 bits per heavy atom. The lowest BCUT2D eigenvalue weighted by Crippen LogP contribution is -2.52. The normalized spacial score (nSPS) is 14.0. The van der Waals surface area contributed by atoms with E-state index in [1.807, 2.05) is 0 Å². The number of rotatable bonds is 2. The maximum absolute atomic E-state index is 3.65. The van der Waals surface area contributed by atoms with Crippen LogP contribution in [0.15, 0.2) is 0 Å². The van der Waals surface area contributed by atoms with Crippen LogP contribution in [0.4, 0.5) is 0 Å². The van der Waals surface area contributed by atoms with Crippen LogP contribution in [0, 0.1) is 0 Å². The van der Waals surface area contributed by atoms with Crippen molar-refractivity contribution in [1.82, 2.24) is 4.65 Å². The average molecular weight is 291 g/mol. The summed E-state index contributed by atoms with van der Waals surface area (Å²) in [5, 5.41) is 0. The molecule has 0 saturated carbocycles. The first-order valence-electron chi connectivity index (χ1n) is 2.88. The van der Waals surface area contributed by atoms with Crippen molar-refractivity contribution in [2.45, 2.75) is 26.2 Å². The van der Waals surface area contributed by atoms with Gasteiger partial charge in [-0.15, -0.1) is 30.6 Å². The second-order valence-electron chi connectivity index (χ2n) is 3.07. The highest BCUT2D eigenvalue weighted by Crippen LogP contribution is 2.14. The summed E-state index contributed by atoms with van der Waals surface area (Å²) >= 11 is 7.29. The summed E-state index contributed by atoms with van der Waals surface area (Å²) in [5.74, 6) is 0. The van der Waals surface area contributed by atoms with Crippen LogP contribution in [0.1, 0.15) is 0 Å². The Balaban J connectivity index is 3.75. The molecule has 0 aromatic heterocycles. The molecule has 5 heteroatoms. The Morgan fingerprint density at radius 2 is 1.11 bits per heavy atom. The molecule has 0 bridgehead atoms. The number of hydrogen-bond donors (Lipinski definition) is 1. The van der Waals surface area contributed by atoms with E-state index in [4.69, 9.17) is 0 Å². The van der Waals surface area contributed by atoms with Gasteiger partial charge in [-0.05, 0) is 26.2 Å². The topological polar surface area (TPSA) is 12.0 Å². The second kappa shape index (κ2) is 3.17. The second-order valence-corrected chi connectivity index (χ2v) is 21.9. The summed E-state index contributed by atoms with van der Waals surface area (Å²) < 4.78 is 3.57. The molecular formula is C4H13Br2NSi2. The predicted octanol–water partition coefficient (Wildman–Crippen LogP) is 2.77. The summed E-state index contributed by atoms with van der Waals surface area (Å²) in [4.78, 5) is 0. The lowest BCUT2D eigenvalue weighted by atomic mass is 11.9. The molecule has 1 nitrogen and oxygen atoms in total. The molecule has 0 unspecified atom stereocenters.